The van der Waals surface area contributed by atoms with Gasteiger partial charge in [0.2, 0.25) is 0 Å². The molecular formula is C16H34N2O. The predicted octanol–water partition coefficient (Wildman–Crippen LogP) is 3.04. The Bertz CT molecular complexity index is 231. The van der Waals surface area contributed by atoms with Crippen molar-refractivity contribution in [1.29, 1.82) is 0 Å². The quantitative estimate of drug-likeness (QED) is 0.769. The molecule has 1 N–H and O–H groups in total. The van der Waals surface area contributed by atoms with Gasteiger partial charge in [0.25, 0.3) is 0 Å². The van der Waals surface area contributed by atoms with Gasteiger partial charge in [-0.3, -0.25) is 4.90 Å². The lowest BCUT2D eigenvalue weighted by atomic mass is 9.93. The van der Waals surface area contributed by atoms with Crippen LogP contribution in [0, 0.1) is 0 Å². The fraction of sp³-hybridized carbons (Fsp3) is 1.00. The highest BCUT2D eigenvalue weighted by atomic mass is 16.5. The summed E-state index contributed by atoms with van der Waals surface area (Å²) in [5.41, 5.74) is 0.179. The molecule has 19 heavy (non-hydrogen) atoms. The number of likely N-dealkylation sites (N-methyl/N-ethyl adjacent to an activating group) is 1. The molecule has 3 nitrogen and oxygen atoms in total. The summed E-state index contributed by atoms with van der Waals surface area (Å²) >= 11 is 0. The second-order valence-electron chi connectivity index (χ2n) is 6.86. The molecule has 1 aliphatic rings. The Hall–Kier alpha value is -0.120. The largest absolute Gasteiger partial charge is 0.383 e. The van der Waals surface area contributed by atoms with E-state index in [1.165, 1.54) is 32.1 Å². The maximum Gasteiger partial charge on any atom is 0.0630 e. The maximum atomic E-state index is 5.46. The van der Waals surface area contributed by atoms with E-state index in [1.54, 1.807) is 0 Å². The molecule has 0 spiro atoms. The van der Waals surface area contributed by atoms with Crippen molar-refractivity contribution < 1.29 is 4.74 Å². The van der Waals surface area contributed by atoms with E-state index < -0.39 is 0 Å². The molecule has 1 atom stereocenters. The normalized spacial score (nSPS) is 19.9. The van der Waals surface area contributed by atoms with Crippen LogP contribution >= 0.6 is 0 Å². The van der Waals surface area contributed by atoms with E-state index in [0.29, 0.717) is 6.04 Å². The predicted molar refractivity (Wildman–Crippen MR) is 82.7 cm³/mol. The molecule has 0 aliphatic heterocycles. The van der Waals surface area contributed by atoms with E-state index in [-0.39, 0.29) is 5.54 Å². The number of ether oxygens (including phenoxy) is 1. The minimum absolute atomic E-state index is 0.179. The van der Waals surface area contributed by atoms with Gasteiger partial charge in [0, 0.05) is 31.3 Å². The van der Waals surface area contributed by atoms with E-state index in [2.05, 4.69) is 37.9 Å². The molecule has 1 unspecified atom stereocenters. The first-order chi connectivity index (χ1) is 8.98. The Kier molecular flexibility index (Phi) is 7.33. The highest BCUT2D eigenvalue weighted by molar-refractivity contribution is 4.84. The summed E-state index contributed by atoms with van der Waals surface area (Å²) < 4.78 is 5.46. The van der Waals surface area contributed by atoms with Gasteiger partial charge in [0.05, 0.1) is 6.61 Å². The van der Waals surface area contributed by atoms with Crippen molar-refractivity contribution in [3.8, 4) is 0 Å². The third-order valence-corrected chi connectivity index (χ3v) is 4.10. The van der Waals surface area contributed by atoms with Crippen LogP contribution in [0.4, 0.5) is 0 Å². The topological polar surface area (TPSA) is 24.5 Å². The molecule has 0 bridgehead atoms. The van der Waals surface area contributed by atoms with E-state index in [1.807, 2.05) is 7.11 Å². The summed E-state index contributed by atoms with van der Waals surface area (Å²) in [6.07, 6.45) is 6.94. The summed E-state index contributed by atoms with van der Waals surface area (Å²) in [6, 6.07) is 1.26. The zero-order valence-corrected chi connectivity index (χ0v) is 13.7. The molecule has 3 heteroatoms. The van der Waals surface area contributed by atoms with E-state index in [0.717, 1.165) is 25.7 Å². The van der Waals surface area contributed by atoms with Crippen LogP contribution in [0.1, 0.15) is 59.8 Å². The Morgan fingerprint density at radius 1 is 1.21 bits per heavy atom. The van der Waals surface area contributed by atoms with Gasteiger partial charge in [-0.25, -0.2) is 0 Å². The van der Waals surface area contributed by atoms with Gasteiger partial charge in [0.15, 0.2) is 0 Å². The Morgan fingerprint density at radius 2 is 1.84 bits per heavy atom. The first-order valence-electron chi connectivity index (χ1n) is 7.97. The fourth-order valence-corrected chi connectivity index (χ4v) is 3.12. The van der Waals surface area contributed by atoms with E-state index in [4.69, 9.17) is 4.74 Å². The minimum Gasteiger partial charge on any atom is -0.383 e. The Labute approximate surface area is 120 Å². The average Bonchev–Trinajstić information content (AvgIpc) is 2.37. The molecule has 1 fully saturated rings. The first kappa shape index (κ1) is 16.9. The van der Waals surface area contributed by atoms with Crippen molar-refractivity contribution in [2.45, 2.75) is 77.4 Å². The molecule has 0 amide bonds. The van der Waals surface area contributed by atoms with Crippen molar-refractivity contribution in [1.82, 2.24) is 10.2 Å². The van der Waals surface area contributed by atoms with Crippen molar-refractivity contribution in [3.05, 3.63) is 0 Å². The highest BCUT2D eigenvalue weighted by Crippen LogP contribution is 2.24. The molecular weight excluding hydrogens is 236 g/mol. The van der Waals surface area contributed by atoms with Crippen molar-refractivity contribution in [3.63, 3.8) is 0 Å². The van der Waals surface area contributed by atoms with Crippen LogP contribution in [0.25, 0.3) is 0 Å². The Morgan fingerprint density at radius 3 is 2.32 bits per heavy atom. The lowest BCUT2D eigenvalue weighted by Crippen LogP contribution is -2.53. The molecule has 1 saturated carbocycles. The summed E-state index contributed by atoms with van der Waals surface area (Å²) in [5.74, 6) is 0. The lowest BCUT2D eigenvalue weighted by molar-refractivity contribution is 0.0475. The van der Waals surface area contributed by atoms with Gasteiger partial charge in [-0.1, -0.05) is 26.2 Å². The van der Waals surface area contributed by atoms with E-state index in [9.17, 15) is 0 Å². The van der Waals surface area contributed by atoms with Gasteiger partial charge >= 0.3 is 0 Å². The standard InChI is InChI=1S/C16H34N2O/c1-6-18(14-10-8-7-9-11-14)15(13-19-5)12-17-16(2,3)4/h14-15,17H,6-13H2,1-5H3. The zero-order valence-electron chi connectivity index (χ0n) is 13.7. The molecule has 1 aliphatic carbocycles. The van der Waals surface area contributed by atoms with Gasteiger partial charge in [0.1, 0.15) is 0 Å². The zero-order chi connectivity index (χ0) is 14.3. The van der Waals surface area contributed by atoms with Gasteiger partial charge in [-0.15, -0.1) is 0 Å². The number of hydrogen-bond donors (Lipinski definition) is 1. The highest BCUT2D eigenvalue weighted by Gasteiger charge is 2.27. The van der Waals surface area contributed by atoms with Crippen LogP contribution in [0.15, 0.2) is 0 Å². The van der Waals surface area contributed by atoms with Gasteiger partial charge in [-0.2, -0.15) is 0 Å². The Balaban J connectivity index is 2.58. The second kappa shape index (κ2) is 8.23. The van der Waals surface area contributed by atoms with Gasteiger partial charge in [-0.05, 0) is 40.2 Å². The minimum atomic E-state index is 0.179. The van der Waals surface area contributed by atoms with E-state index >= 15 is 0 Å². The average molecular weight is 270 g/mol. The first-order valence-corrected chi connectivity index (χ1v) is 7.97. The maximum absolute atomic E-state index is 5.46. The summed E-state index contributed by atoms with van der Waals surface area (Å²) in [5, 5.41) is 3.64. The third kappa shape index (κ3) is 6.24. The molecule has 0 aromatic rings. The SMILES string of the molecule is CCN(C1CCCCC1)C(CNC(C)(C)C)COC. The number of hydrogen-bond acceptors (Lipinski definition) is 3. The van der Waals surface area contributed by atoms with Crippen molar-refractivity contribution >= 4 is 0 Å². The van der Waals surface area contributed by atoms with Crippen LogP contribution in [0.5, 0.6) is 0 Å². The fourth-order valence-electron chi connectivity index (χ4n) is 3.12. The number of nitrogens with one attached hydrogen (secondary N) is 1. The third-order valence-electron chi connectivity index (χ3n) is 4.10. The summed E-state index contributed by atoms with van der Waals surface area (Å²) in [4.78, 5) is 2.67. The number of nitrogens with zero attached hydrogens (tertiary/aromatic N) is 1. The number of rotatable bonds is 7. The molecule has 114 valence electrons. The van der Waals surface area contributed by atoms with Crippen molar-refractivity contribution in [2.24, 2.45) is 0 Å². The molecule has 0 aromatic carbocycles. The van der Waals surface area contributed by atoms with Crippen LogP contribution in [-0.2, 0) is 4.74 Å². The van der Waals surface area contributed by atoms with Gasteiger partial charge < -0.3 is 10.1 Å². The summed E-state index contributed by atoms with van der Waals surface area (Å²) in [7, 11) is 1.82. The monoisotopic (exact) mass is 270 g/mol. The molecule has 0 heterocycles. The smallest absolute Gasteiger partial charge is 0.0630 e. The van der Waals surface area contributed by atoms with Crippen LogP contribution in [0.3, 0.4) is 0 Å². The lowest BCUT2D eigenvalue weighted by Gasteiger charge is -2.40. The summed E-state index contributed by atoms with van der Waals surface area (Å²) in [6.45, 7) is 11.9. The molecule has 0 radical (unpaired) electrons. The van der Waals surface area contributed by atoms with Crippen LogP contribution in [0.2, 0.25) is 0 Å². The van der Waals surface area contributed by atoms with Crippen LogP contribution < -0.4 is 5.32 Å². The number of methoxy groups -OCH3 is 1. The molecule has 1 rings (SSSR count). The molecule has 0 saturated heterocycles. The molecule has 0 aromatic heterocycles. The van der Waals surface area contributed by atoms with Crippen LogP contribution in [-0.4, -0.2) is 49.3 Å². The second-order valence-corrected chi connectivity index (χ2v) is 6.86. The van der Waals surface area contributed by atoms with Crippen molar-refractivity contribution in [2.75, 3.05) is 26.8 Å².